The van der Waals surface area contributed by atoms with Gasteiger partial charge < -0.3 is 9.80 Å². The Kier molecular flexibility index (Phi) is 4.32. The number of para-hydroxylation sites is 2. The Bertz CT molecular complexity index is 844. The van der Waals surface area contributed by atoms with Crippen molar-refractivity contribution in [3.05, 3.63) is 64.2 Å². The van der Waals surface area contributed by atoms with Crippen molar-refractivity contribution in [1.82, 2.24) is 0 Å². The molecular formula is C20H20N3O3. The first-order valence-electron chi connectivity index (χ1n) is 8.95. The number of nitro benzene ring substituents is 1. The minimum atomic E-state index is -0.383. The van der Waals surface area contributed by atoms with Crippen LogP contribution in [0.15, 0.2) is 42.5 Å². The zero-order valence-electron chi connectivity index (χ0n) is 14.4. The van der Waals surface area contributed by atoms with E-state index in [0.717, 1.165) is 24.9 Å². The molecule has 0 unspecified atom stereocenters. The Labute approximate surface area is 152 Å². The van der Waals surface area contributed by atoms with E-state index in [1.807, 2.05) is 28.0 Å². The number of anilines is 2. The minimum Gasteiger partial charge on any atom is -0.366 e. The fraction of sp³-hybridized carbons (Fsp3) is 0.350. The number of piperidine rings is 1. The van der Waals surface area contributed by atoms with Crippen molar-refractivity contribution in [2.45, 2.75) is 31.7 Å². The Balaban J connectivity index is 1.53. The number of amides is 1. The molecule has 0 spiro atoms. The molecule has 2 aromatic rings. The normalized spacial score (nSPS) is 17.9. The summed E-state index contributed by atoms with van der Waals surface area (Å²) in [5, 5.41) is 11.3. The van der Waals surface area contributed by atoms with E-state index in [1.165, 1.54) is 5.56 Å². The van der Waals surface area contributed by atoms with Crippen LogP contribution in [0.5, 0.6) is 0 Å². The molecule has 133 valence electrons. The lowest BCUT2D eigenvalue weighted by Gasteiger charge is -2.41. The fourth-order valence-electron chi connectivity index (χ4n) is 4.04. The molecule has 2 aliphatic rings. The van der Waals surface area contributed by atoms with Crippen molar-refractivity contribution >= 4 is 23.0 Å². The standard InChI is InChI=1S/C20H20N3O3/c24-20-10-9-15-5-1-2-6-17(15)22(20)16-11-13-21(14-12-16)18-7-3-4-8-19(18)23(25)26/h1-7,16H,9-14H2. The van der Waals surface area contributed by atoms with Crippen LogP contribution in [0.4, 0.5) is 17.1 Å². The van der Waals surface area contributed by atoms with Crippen LogP contribution in [0.3, 0.4) is 0 Å². The van der Waals surface area contributed by atoms with Crippen molar-refractivity contribution < 1.29 is 9.72 Å². The molecule has 2 aliphatic heterocycles. The molecule has 0 bridgehead atoms. The third-order valence-corrected chi connectivity index (χ3v) is 5.29. The van der Waals surface area contributed by atoms with E-state index in [-0.39, 0.29) is 22.6 Å². The molecule has 26 heavy (non-hydrogen) atoms. The quantitative estimate of drug-likeness (QED) is 0.629. The van der Waals surface area contributed by atoms with Gasteiger partial charge in [0.05, 0.1) is 11.0 Å². The topological polar surface area (TPSA) is 66.7 Å². The number of benzene rings is 2. The van der Waals surface area contributed by atoms with Gasteiger partial charge in [0.1, 0.15) is 5.69 Å². The number of hydrogen-bond acceptors (Lipinski definition) is 4. The van der Waals surface area contributed by atoms with E-state index < -0.39 is 0 Å². The van der Waals surface area contributed by atoms with Crippen LogP contribution in [-0.4, -0.2) is 30.0 Å². The highest BCUT2D eigenvalue weighted by Gasteiger charge is 2.33. The monoisotopic (exact) mass is 350 g/mol. The molecule has 6 nitrogen and oxygen atoms in total. The number of rotatable bonds is 3. The van der Waals surface area contributed by atoms with Gasteiger partial charge in [0, 0.05) is 31.2 Å². The SMILES string of the molecule is O=C1CCc2ccccc2N1C1CCN(c2ccc[c]c2[N+](=O)[O-])CC1. The zero-order chi connectivity index (χ0) is 18.1. The molecule has 2 aromatic carbocycles. The highest BCUT2D eigenvalue weighted by atomic mass is 16.6. The maximum atomic E-state index is 12.6. The van der Waals surface area contributed by atoms with Crippen molar-refractivity contribution in [1.29, 1.82) is 0 Å². The molecule has 1 fully saturated rings. The summed E-state index contributed by atoms with van der Waals surface area (Å²) in [6.45, 7) is 1.38. The lowest BCUT2D eigenvalue weighted by molar-refractivity contribution is -0.384. The van der Waals surface area contributed by atoms with Gasteiger partial charge in [0.2, 0.25) is 5.91 Å². The van der Waals surface area contributed by atoms with E-state index in [4.69, 9.17) is 0 Å². The molecule has 1 saturated heterocycles. The van der Waals surface area contributed by atoms with Gasteiger partial charge in [-0.15, -0.1) is 0 Å². The Hall–Kier alpha value is -2.89. The molecule has 1 radical (unpaired) electrons. The van der Waals surface area contributed by atoms with Crippen LogP contribution in [0, 0.1) is 16.2 Å². The lowest BCUT2D eigenvalue weighted by Crippen LogP contribution is -2.49. The van der Waals surface area contributed by atoms with Crippen LogP contribution in [0.25, 0.3) is 0 Å². The third-order valence-electron chi connectivity index (χ3n) is 5.29. The minimum absolute atomic E-state index is 0.0188. The first kappa shape index (κ1) is 16.6. The molecule has 0 N–H and O–H groups in total. The van der Waals surface area contributed by atoms with Gasteiger partial charge >= 0.3 is 5.69 Å². The highest BCUT2D eigenvalue weighted by molar-refractivity contribution is 5.97. The molecule has 0 aromatic heterocycles. The van der Waals surface area contributed by atoms with Gasteiger partial charge in [-0.05, 0) is 43.0 Å². The van der Waals surface area contributed by atoms with Gasteiger partial charge in [0.25, 0.3) is 0 Å². The van der Waals surface area contributed by atoms with E-state index in [1.54, 1.807) is 18.2 Å². The maximum Gasteiger partial charge on any atom is 0.300 e. The first-order chi connectivity index (χ1) is 12.6. The number of aryl methyl sites for hydroxylation is 1. The van der Waals surface area contributed by atoms with E-state index in [2.05, 4.69) is 12.1 Å². The summed E-state index contributed by atoms with van der Waals surface area (Å²) in [4.78, 5) is 27.4. The summed E-state index contributed by atoms with van der Waals surface area (Å²) in [5.41, 5.74) is 2.88. The third kappa shape index (κ3) is 2.92. The summed E-state index contributed by atoms with van der Waals surface area (Å²) in [7, 11) is 0. The van der Waals surface area contributed by atoms with Gasteiger partial charge in [-0.1, -0.05) is 24.3 Å². The largest absolute Gasteiger partial charge is 0.366 e. The Morgan fingerprint density at radius 1 is 1.04 bits per heavy atom. The van der Waals surface area contributed by atoms with Crippen LogP contribution >= 0.6 is 0 Å². The number of nitrogens with zero attached hydrogens (tertiary/aromatic N) is 3. The Morgan fingerprint density at radius 2 is 1.77 bits per heavy atom. The van der Waals surface area contributed by atoms with Gasteiger partial charge in [-0.2, -0.15) is 0 Å². The zero-order valence-corrected chi connectivity index (χ0v) is 14.4. The number of fused-ring (bicyclic) bond motifs is 1. The second-order valence-corrected chi connectivity index (χ2v) is 6.77. The van der Waals surface area contributed by atoms with Crippen LogP contribution in [-0.2, 0) is 11.2 Å². The number of hydrogen-bond donors (Lipinski definition) is 0. The molecular weight excluding hydrogens is 330 g/mol. The second-order valence-electron chi connectivity index (χ2n) is 6.77. The molecule has 2 heterocycles. The molecule has 0 atom stereocenters. The Morgan fingerprint density at radius 3 is 2.54 bits per heavy atom. The number of carbonyl (C=O) groups excluding carboxylic acids is 1. The number of carbonyl (C=O) groups is 1. The van der Waals surface area contributed by atoms with Gasteiger partial charge in [-0.3, -0.25) is 14.9 Å². The fourth-order valence-corrected chi connectivity index (χ4v) is 4.04. The highest BCUT2D eigenvalue weighted by Crippen LogP contribution is 2.34. The number of nitro groups is 1. The molecule has 1 amide bonds. The lowest BCUT2D eigenvalue weighted by atomic mass is 9.95. The van der Waals surface area contributed by atoms with Crippen molar-refractivity contribution in [2.75, 3.05) is 22.9 Å². The van der Waals surface area contributed by atoms with Crippen molar-refractivity contribution in [3.63, 3.8) is 0 Å². The average molecular weight is 350 g/mol. The maximum absolute atomic E-state index is 12.6. The van der Waals surface area contributed by atoms with Crippen molar-refractivity contribution in [2.24, 2.45) is 0 Å². The van der Waals surface area contributed by atoms with Crippen LogP contribution in [0.1, 0.15) is 24.8 Å². The molecule has 0 aliphatic carbocycles. The van der Waals surface area contributed by atoms with Crippen LogP contribution < -0.4 is 9.80 Å². The van der Waals surface area contributed by atoms with Crippen LogP contribution in [0.2, 0.25) is 0 Å². The smallest absolute Gasteiger partial charge is 0.300 e. The molecule has 4 rings (SSSR count). The van der Waals surface area contributed by atoms with Gasteiger partial charge in [0.15, 0.2) is 0 Å². The van der Waals surface area contributed by atoms with Crippen molar-refractivity contribution in [3.8, 4) is 0 Å². The summed E-state index contributed by atoms with van der Waals surface area (Å²) in [5.74, 6) is 0.182. The van der Waals surface area contributed by atoms with E-state index in [0.29, 0.717) is 25.2 Å². The summed E-state index contributed by atoms with van der Waals surface area (Å²) in [6, 6.07) is 16.1. The average Bonchev–Trinajstić information content (AvgIpc) is 2.68. The second kappa shape index (κ2) is 6.78. The van der Waals surface area contributed by atoms with E-state index in [9.17, 15) is 14.9 Å². The summed E-state index contributed by atoms with van der Waals surface area (Å²) in [6.07, 6.45) is 2.95. The first-order valence-corrected chi connectivity index (χ1v) is 8.95. The van der Waals surface area contributed by atoms with Gasteiger partial charge in [-0.25, -0.2) is 0 Å². The predicted molar refractivity (Wildman–Crippen MR) is 99.4 cm³/mol. The van der Waals surface area contributed by atoms with E-state index >= 15 is 0 Å². The molecule has 6 heteroatoms. The summed E-state index contributed by atoms with van der Waals surface area (Å²) >= 11 is 0. The molecule has 0 saturated carbocycles. The predicted octanol–water partition coefficient (Wildman–Crippen LogP) is 3.34. The summed E-state index contributed by atoms with van der Waals surface area (Å²) < 4.78 is 0.